The molecule has 20 heavy (non-hydrogen) atoms. The van der Waals surface area contributed by atoms with Crippen LogP contribution in [0.25, 0.3) is 10.9 Å². The maximum atomic E-state index is 12.0. The van der Waals surface area contributed by atoms with Gasteiger partial charge >= 0.3 is 0 Å². The molecule has 0 bridgehead atoms. The summed E-state index contributed by atoms with van der Waals surface area (Å²) in [7, 11) is 0. The molecule has 0 spiro atoms. The second kappa shape index (κ2) is 5.37. The molecule has 0 amide bonds. The molecule has 0 aliphatic carbocycles. The lowest BCUT2D eigenvalue weighted by molar-refractivity contribution is 0.465. The maximum absolute atomic E-state index is 12.0. The summed E-state index contributed by atoms with van der Waals surface area (Å²) in [5, 5.41) is 11.3. The number of pyridine rings is 1. The fourth-order valence-electron chi connectivity index (χ4n) is 2.46. The predicted molar refractivity (Wildman–Crippen MR) is 83.5 cm³/mol. The second-order valence-electron chi connectivity index (χ2n) is 4.98. The van der Waals surface area contributed by atoms with E-state index in [4.69, 9.17) is 0 Å². The molecular weight excluding hydrogens is 250 g/mol. The summed E-state index contributed by atoms with van der Waals surface area (Å²) >= 11 is 0. The monoisotopic (exact) mass is 269 g/mol. The third kappa shape index (κ3) is 2.16. The summed E-state index contributed by atoms with van der Waals surface area (Å²) in [6.45, 7) is 11.2. The second-order valence-corrected chi connectivity index (χ2v) is 4.98. The van der Waals surface area contributed by atoms with Gasteiger partial charge in [0, 0.05) is 16.5 Å². The lowest BCUT2D eigenvalue weighted by Crippen LogP contribution is -2.13. The summed E-state index contributed by atoms with van der Waals surface area (Å²) in [5.74, 6) is 0.219. The van der Waals surface area contributed by atoms with E-state index in [9.17, 15) is 9.90 Å². The van der Waals surface area contributed by atoms with E-state index in [0.29, 0.717) is 23.9 Å². The molecule has 0 saturated carbocycles. The smallest absolute Gasteiger partial charge is 0.251 e. The number of fused-ring (bicyclic) bond motifs is 1. The summed E-state index contributed by atoms with van der Waals surface area (Å²) in [6, 6.07) is 1.93. The molecule has 0 aliphatic rings. The van der Waals surface area contributed by atoms with Crippen molar-refractivity contribution in [3.63, 3.8) is 0 Å². The molecule has 2 rings (SSSR count). The van der Waals surface area contributed by atoms with E-state index in [1.54, 1.807) is 19.1 Å². The maximum Gasteiger partial charge on any atom is 0.251 e. The molecule has 1 aromatic heterocycles. The van der Waals surface area contributed by atoms with E-state index >= 15 is 0 Å². The van der Waals surface area contributed by atoms with Crippen molar-refractivity contribution in [1.82, 2.24) is 4.98 Å². The van der Waals surface area contributed by atoms with E-state index in [1.165, 1.54) is 0 Å². The van der Waals surface area contributed by atoms with Crippen LogP contribution in [0.15, 0.2) is 36.2 Å². The van der Waals surface area contributed by atoms with Gasteiger partial charge in [0.05, 0.1) is 5.52 Å². The highest BCUT2D eigenvalue weighted by atomic mass is 16.3. The van der Waals surface area contributed by atoms with Crippen molar-refractivity contribution >= 4 is 10.9 Å². The highest BCUT2D eigenvalue weighted by Gasteiger charge is 2.15. The number of rotatable bonds is 4. The van der Waals surface area contributed by atoms with Gasteiger partial charge in [-0.3, -0.25) is 4.79 Å². The zero-order valence-corrected chi connectivity index (χ0v) is 11.9. The van der Waals surface area contributed by atoms with Crippen LogP contribution in [0.1, 0.15) is 22.3 Å². The van der Waals surface area contributed by atoms with Gasteiger partial charge in [-0.15, -0.1) is 13.2 Å². The van der Waals surface area contributed by atoms with Crippen molar-refractivity contribution in [2.45, 2.75) is 26.7 Å². The van der Waals surface area contributed by atoms with Crippen LogP contribution < -0.4 is 5.56 Å². The van der Waals surface area contributed by atoms with Crippen LogP contribution in [-0.4, -0.2) is 10.1 Å². The van der Waals surface area contributed by atoms with Crippen LogP contribution >= 0.6 is 0 Å². The molecule has 2 N–H and O–H groups in total. The van der Waals surface area contributed by atoms with E-state index < -0.39 is 0 Å². The van der Waals surface area contributed by atoms with Crippen LogP contribution in [0, 0.1) is 13.8 Å². The Balaban J connectivity index is 2.96. The SMILES string of the molecule is C=CCc1cc2c(C)c(C)c(=O)[nH]c2c(CC=C)c1O. The average molecular weight is 269 g/mol. The number of benzene rings is 1. The van der Waals surface area contributed by atoms with E-state index in [2.05, 4.69) is 18.1 Å². The Morgan fingerprint density at radius 2 is 1.85 bits per heavy atom. The molecular formula is C17H19NO2. The third-order valence-corrected chi connectivity index (χ3v) is 3.74. The van der Waals surface area contributed by atoms with Crippen molar-refractivity contribution in [2.24, 2.45) is 0 Å². The van der Waals surface area contributed by atoms with Crippen molar-refractivity contribution in [2.75, 3.05) is 0 Å². The zero-order valence-electron chi connectivity index (χ0n) is 11.9. The molecule has 0 aliphatic heterocycles. The molecule has 1 heterocycles. The number of phenolic OH excluding ortho intramolecular Hbond substituents is 1. The summed E-state index contributed by atoms with van der Waals surface area (Å²) in [4.78, 5) is 14.8. The van der Waals surface area contributed by atoms with Crippen LogP contribution in [0.5, 0.6) is 5.75 Å². The minimum Gasteiger partial charge on any atom is -0.507 e. The first-order chi connectivity index (χ1) is 9.51. The molecule has 1 aromatic carbocycles. The van der Waals surface area contributed by atoms with Gasteiger partial charge in [-0.2, -0.15) is 0 Å². The van der Waals surface area contributed by atoms with Gasteiger partial charge in [-0.1, -0.05) is 12.2 Å². The Hall–Kier alpha value is -2.29. The van der Waals surface area contributed by atoms with Gasteiger partial charge in [0.15, 0.2) is 0 Å². The number of aromatic hydroxyl groups is 1. The van der Waals surface area contributed by atoms with Crippen LogP contribution in [0.4, 0.5) is 0 Å². The first kappa shape index (κ1) is 14.1. The Kier molecular flexibility index (Phi) is 3.79. The summed E-state index contributed by atoms with van der Waals surface area (Å²) < 4.78 is 0. The van der Waals surface area contributed by atoms with Gasteiger partial charge in [0.1, 0.15) is 5.75 Å². The minimum atomic E-state index is -0.115. The first-order valence-electron chi connectivity index (χ1n) is 6.60. The molecule has 3 heteroatoms. The van der Waals surface area contributed by atoms with E-state index in [0.717, 1.165) is 22.1 Å². The number of hydrogen-bond acceptors (Lipinski definition) is 2. The molecule has 0 atom stereocenters. The van der Waals surface area contributed by atoms with Crippen molar-refractivity contribution in [1.29, 1.82) is 0 Å². The summed E-state index contributed by atoms with van der Waals surface area (Å²) in [6.07, 6.45) is 4.57. The Bertz CT molecular complexity index is 754. The number of nitrogens with one attached hydrogen (secondary N) is 1. The van der Waals surface area contributed by atoms with Crippen molar-refractivity contribution < 1.29 is 5.11 Å². The normalized spacial score (nSPS) is 10.7. The fraction of sp³-hybridized carbons (Fsp3) is 0.235. The van der Waals surface area contributed by atoms with Crippen LogP contribution in [0.2, 0.25) is 0 Å². The quantitative estimate of drug-likeness (QED) is 0.837. The molecule has 0 unspecified atom stereocenters. The Labute approximate surface area is 118 Å². The number of aromatic amines is 1. The van der Waals surface area contributed by atoms with E-state index in [-0.39, 0.29) is 11.3 Å². The lowest BCUT2D eigenvalue weighted by Gasteiger charge is -2.14. The number of phenols is 1. The van der Waals surface area contributed by atoms with Gasteiger partial charge in [0.25, 0.3) is 5.56 Å². The first-order valence-corrected chi connectivity index (χ1v) is 6.60. The topological polar surface area (TPSA) is 53.1 Å². The standard InChI is InChI=1S/C17H19NO2/c1-5-7-12-9-14-10(3)11(4)17(20)18-15(14)13(8-6-2)16(12)19/h5-6,9,19H,1-2,7-8H2,3-4H3,(H,18,20). The van der Waals surface area contributed by atoms with Crippen LogP contribution in [0.3, 0.4) is 0 Å². The number of H-pyrrole nitrogens is 1. The molecule has 104 valence electrons. The molecule has 0 saturated heterocycles. The minimum absolute atomic E-state index is 0.115. The molecule has 0 fully saturated rings. The van der Waals surface area contributed by atoms with Crippen molar-refractivity contribution in [3.8, 4) is 5.75 Å². The lowest BCUT2D eigenvalue weighted by atomic mass is 9.95. The largest absolute Gasteiger partial charge is 0.507 e. The van der Waals surface area contributed by atoms with Gasteiger partial charge in [-0.25, -0.2) is 0 Å². The zero-order chi connectivity index (χ0) is 14.9. The van der Waals surface area contributed by atoms with Crippen molar-refractivity contribution in [3.05, 3.63) is 64.0 Å². The van der Waals surface area contributed by atoms with Gasteiger partial charge in [0.2, 0.25) is 0 Å². The number of hydrogen-bond donors (Lipinski definition) is 2. The predicted octanol–water partition coefficient (Wildman–Crippen LogP) is 3.31. The number of aryl methyl sites for hydroxylation is 1. The summed E-state index contributed by atoms with van der Waals surface area (Å²) in [5.41, 5.74) is 3.77. The highest BCUT2D eigenvalue weighted by Crippen LogP contribution is 2.32. The fourth-order valence-corrected chi connectivity index (χ4v) is 2.46. The number of allylic oxidation sites excluding steroid dienone is 2. The van der Waals surface area contributed by atoms with Gasteiger partial charge < -0.3 is 10.1 Å². The van der Waals surface area contributed by atoms with Crippen LogP contribution in [-0.2, 0) is 12.8 Å². The van der Waals surface area contributed by atoms with E-state index in [1.807, 2.05) is 13.0 Å². The molecule has 3 nitrogen and oxygen atoms in total. The average Bonchev–Trinajstić information content (AvgIpc) is 2.42. The third-order valence-electron chi connectivity index (χ3n) is 3.74. The highest BCUT2D eigenvalue weighted by molar-refractivity contribution is 5.88. The number of aromatic nitrogens is 1. The van der Waals surface area contributed by atoms with Gasteiger partial charge in [-0.05, 0) is 43.9 Å². The Morgan fingerprint density at radius 3 is 2.45 bits per heavy atom. The molecule has 0 radical (unpaired) electrons. The Morgan fingerprint density at radius 1 is 1.20 bits per heavy atom. The molecule has 2 aromatic rings.